The van der Waals surface area contributed by atoms with Crippen LogP contribution in [0, 0.1) is 0 Å². The number of benzene rings is 1. The highest BCUT2D eigenvalue weighted by Crippen LogP contribution is 2.53. The van der Waals surface area contributed by atoms with Crippen LogP contribution in [0.4, 0.5) is 5.82 Å². The van der Waals surface area contributed by atoms with Gasteiger partial charge in [-0.05, 0) is 26.0 Å². The number of anilines is 1. The molecule has 12 nitrogen and oxygen atoms in total. The third-order valence-electron chi connectivity index (χ3n) is 4.74. The van der Waals surface area contributed by atoms with E-state index in [1.807, 2.05) is 18.2 Å². The number of nitrogens with zero attached hydrogens (tertiary/aromatic N) is 4. The van der Waals surface area contributed by atoms with E-state index in [1.165, 1.54) is 0 Å². The molecule has 0 bridgehead atoms. The Kier molecular flexibility index (Phi) is 10.2. The number of nitrogen functional groups attached to an aromatic ring is 1. The molecule has 0 aliphatic rings. The van der Waals surface area contributed by atoms with Gasteiger partial charge in [-0.25, -0.2) is 4.98 Å². The lowest BCUT2D eigenvalue weighted by molar-refractivity contribution is 0.0380. The van der Waals surface area contributed by atoms with Crippen LogP contribution in [0.1, 0.15) is 13.8 Å². The number of hydrogen-bond donors (Lipinski definition) is 1. The predicted octanol–water partition coefficient (Wildman–Crippen LogP) is 3.12. The van der Waals surface area contributed by atoms with Crippen LogP contribution in [-0.4, -0.2) is 72.1 Å². The van der Waals surface area contributed by atoms with Crippen LogP contribution in [0.2, 0.25) is 0 Å². The van der Waals surface area contributed by atoms with Crippen molar-refractivity contribution in [2.45, 2.75) is 26.2 Å². The maximum absolute atomic E-state index is 13.4. The van der Waals surface area contributed by atoms with E-state index in [-0.39, 0.29) is 44.9 Å². The molecule has 3 rings (SSSR count). The maximum Gasteiger partial charge on any atom is 0.362 e. The predicted molar refractivity (Wildman–Crippen MR) is 130 cm³/mol. The summed E-state index contributed by atoms with van der Waals surface area (Å²) in [5, 5.41) is 0. The first-order valence-electron chi connectivity index (χ1n) is 11.3. The van der Waals surface area contributed by atoms with Gasteiger partial charge < -0.3 is 38.3 Å². The lowest BCUT2D eigenvalue weighted by Crippen LogP contribution is -2.26. The number of nitrogens with two attached hydrogens (primary N) is 1. The molecule has 0 saturated heterocycles. The molecule has 1 aromatic carbocycles. The van der Waals surface area contributed by atoms with Crippen LogP contribution in [0.25, 0.3) is 11.2 Å². The molecule has 0 aliphatic heterocycles. The van der Waals surface area contributed by atoms with E-state index in [0.29, 0.717) is 30.1 Å². The molecule has 192 valence electrons. The standard InChI is InChI=1S/C22H32N5O7P/c1-4-33-35(28,34-5-2)18(15-32-17-9-7-6-8-10-17)30-12-11-27-16-24-19-20(23)25-22(26-21(19)27)31-14-13-29-3/h6-10,16,18H,4-5,11-15H2,1-3H3,(H2,23,25,26). The number of fused-ring (bicyclic) bond motifs is 1. The fourth-order valence-corrected chi connectivity index (χ4v) is 4.83. The summed E-state index contributed by atoms with van der Waals surface area (Å²) in [6.45, 7) is 5.05. The Bertz CT molecular complexity index is 1090. The molecule has 2 N–H and O–H groups in total. The number of para-hydroxylation sites is 1. The van der Waals surface area contributed by atoms with Crippen molar-refractivity contribution in [1.82, 2.24) is 19.5 Å². The topological polar surface area (TPSA) is 142 Å². The van der Waals surface area contributed by atoms with E-state index >= 15 is 0 Å². The summed E-state index contributed by atoms with van der Waals surface area (Å²) in [6.07, 6.45) is 1.58. The fourth-order valence-electron chi connectivity index (χ4n) is 3.16. The Labute approximate surface area is 204 Å². The summed E-state index contributed by atoms with van der Waals surface area (Å²) in [6, 6.07) is 9.31. The number of ether oxygens (including phenoxy) is 4. The molecular weight excluding hydrogens is 477 g/mol. The number of imidazole rings is 1. The van der Waals surface area contributed by atoms with Crippen molar-refractivity contribution in [1.29, 1.82) is 0 Å². The van der Waals surface area contributed by atoms with Gasteiger partial charge in [0.15, 0.2) is 22.8 Å². The molecule has 35 heavy (non-hydrogen) atoms. The van der Waals surface area contributed by atoms with Crippen LogP contribution < -0.4 is 15.2 Å². The van der Waals surface area contributed by atoms with Gasteiger partial charge in [-0.3, -0.25) is 4.57 Å². The van der Waals surface area contributed by atoms with Crippen LogP contribution in [0.15, 0.2) is 36.7 Å². The molecule has 0 aliphatic carbocycles. The van der Waals surface area contributed by atoms with Gasteiger partial charge in [0.25, 0.3) is 0 Å². The third kappa shape index (κ3) is 7.36. The molecule has 2 aromatic heterocycles. The molecule has 3 aromatic rings. The number of rotatable bonds is 16. The maximum atomic E-state index is 13.4. The average molecular weight is 510 g/mol. The molecule has 0 spiro atoms. The molecule has 1 unspecified atom stereocenters. The van der Waals surface area contributed by atoms with Gasteiger partial charge in [0.2, 0.25) is 0 Å². The summed E-state index contributed by atoms with van der Waals surface area (Å²) in [7, 11) is -2.03. The van der Waals surface area contributed by atoms with Gasteiger partial charge in [0.05, 0.1) is 32.8 Å². The van der Waals surface area contributed by atoms with Gasteiger partial charge >= 0.3 is 13.6 Å². The van der Waals surface area contributed by atoms with Crippen LogP contribution >= 0.6 is 7.60 Å². The molecule has 13 heteroatoms. The van der Waals surface area contributed by atoms with E-state index in [9.17, 15) is 4.57 Å². The summed E-state index contributed by atoms with van der Waals surface area (Å²) >= 11 is 0. The normalized spacial score (nSPS) is 12.7. The number of aromatic nitrogens is 4. The number of methoxy groups -OCH3 is 1. The second-order valence-electron chi connectivity index (χ2n) is 7.17. The van der Waals surface area contributed by atoms with Crippen molar-refractivity contribution in [2.24, 2.45) is 0 Å². The van der Waals surface area contributed by atoms with Crippen molar-refractivity contribution < 1.29 is 32.6 Å². The Morgan fingerprint density at radius 3 is 2.46 bits per heavy atom. The molecule has 2 heterocycles. The summed E-state index contributed by atoms with van der Waals surface area (Å²) in [5.41, 5.74) is 6.95. The molecule has 1 atom stereocenters. The Morgan fingerprint density at radius 2 is 1.77 bits per heavy atom. The highest BCUT2D eigenvalue weighted by atomic mass is 31.2. The SMILES string of the molecule is CCOP(=O)(OCC)C(COc1ccccc1)OCCn1cnc2c(N)nc(OCCOC)nc21. The Balaban J connectivity index is 1.72. The van der Waals surface area contributed by atoms with E-state index in [4.69, 9.17) is 33.7 Å². The van der Waals surface area contributed by atoms with Crippen molar-refractivity contribution in [3.8, 4) is 11.8 Å². The smallest absolute Gasteiger partial charge is 0.362 e. The largest absolute Gasteiger partial charge is 0.490 e. The van der Waals surface area contributed by atoms with Gasteiger partial charge in [-0.15, -0.1) is 0 Å². The monoisotopic (exact) mass is 509 g/mol. The molecule has 0 saturated carbocycles. The quantitative estimate of drug-likeness (QED) is 0.225. The van der Waals surface area contributed by atoms with Gasteiger partial charge in [0, 0.05) is 13.7 Å². The summed E-state index contributed by atoms with van der Waals surface area (Å²) in [4.78, 5) is 12.8. The first-order chi connectivity index (χ1) is 17.0. The third-order valence-corrected chi connectivity index (χ3v) is 6.98. The van der Waals surface area contributed by atoms with Crippen molar-refractivity contribution in [3.05, 3.63) is 36.7 Å². The fraction of sp³-hybridized carbons (Fsp3) is 0.500. The zero-order valence-corrected chi connectivity index (χ0v) is 21.1. The van der Waals surface area contributed by atoms with Gasteiger partial charge in [-0.1, -0.05) is 18.2 Å². The molecule has 0 fully saturated rings. The van der Waals surface area contributed by atoms with E-state index in [1.54, 1.807) is 44.0 Å². The minimum atomic E-state index is -3.60. The summed E-state index contributed by atoms with van der Waals surface area (Å²) in [5.74, 6) is -0.118. The first kappa shape index (κ1) is 26.8. The van der Waals surface area contributed by atoms with E-state index < -0.39 is 13.4 Å². The first-order valence-corrected chi connectivity index (χ1v) is 12.9. The van der Waals surface area contributed by atoms with Crippen molar-refractivity contribution in [2.75, 3.05) is 52.5 Å². The lowest BCUT2D eigenvalue weighted by atomic mass is 10.3. The zero-order chi connectivity index (χ0) is 25.1. The average Bonchev–Trinajstić information content (AvgIpc) is 3.25. The van der Waals surface area contributed by atoms with Crippen LogP contribution in [0.3, 0.4) is 0 Å². The van der Waals surface area contributed by atoms with Gasteiger partial charge in [-0.2, -0.15) is 9.97 Å². The summed E-state index contributed by atoms with van der Waals surface area (Å²) < 4.78 is 48.4. The van der Waals surface area contributed by atoms with Crippen LogP contribution in [-0.2, 0) is 29.6 Å². The second kappa shape index (κ2) is 13.4. The highest BCUT2D eigenvalue weighted by Gasteiger charge is 2.37. The second-order valence-corrected chi connectivity index (χ2v) is 9.34. The minimum Gasteiger partial charge on any atom is -0.490 e. The minimum absolute atomic E-state index is 0.0153. The van der Waals surface area contributed by atoms with E-state index in [2.05, 4.69) is 15.0 Å². The van der Waals surface area contributed by atoms with Gasteiger partial charge in [0.1, 0.15) is 19.0 Å². The van der Waals surface area contributed by atoms with Crippen molar-refractivity contribution >= 4 is 24.6 Å². The molecule has 0 amide bonds. The van der Waals surface area contributed by atoms with Crippen LogP contribution in [0.5, 0.6) is 11.8 Å². The van der Waals surface area contributed by atoms with Crippen molar-refractivity contribution in [3.63, 3.8) is 0 Å². The zero-order valence-electron chi connectivity index (χ0n) is 20.2. The Hall–Kier alpha value is -2.76. The van der Waals surface area contributed by atoms with E-state index in [0.717, 1.165) is 0 Å². The molecule has 0 radical (unpaired) electrons. The Morgan fingerprint density at radius 1 is 1.03 bits per heavy atom. The number of hydrogen-bond acceptors (Lipinski definition) is 11. The molecular formula is C22H32N5O7P. The lowest BCUT2D eigenvalue weighted by Gasteiger charge is -2.26. The highest BCUT2D eigenvalue weighted by molar-refractivity contribution is 7.54.